The van der Waals surface area contributed by atoms with Crippen LogP contribution in [0.25, 0.3) is 5.57 Å². The van der Waals surface area contributed by atoms with E-state index in [-0.39, 0.29) is 0 Å². The Morgan fingerprint density at radius 2 is 2.29 bits per heavy atom. The number of pyridine rings is 1. The van der Waals surface area contributed by atoms with Crippen molar-refractivity contribution in [2.75, 3.05) is 13.1 Å². The van der Waals surface area contributed by atoms with E-state index >= 15 is 0 Å². The Kier molecular flexibility index (Phi) is 2.99. The Morgan fingerprint density at radius 3 is 2.93 bits per heavy atom. The van der Waals surface area contributed by atoms with Crippen LogP contribution in [0.2, 0.25) is 0 Å². The smallest absolute Gasteiger partial charge is 0.109 e. The average Bonchev–Trinajstić information content (AvgIpc) is 2.23. The third kappa shape index (κ3) is 2.04. The normalized spacial score (nSPS) is 16.6. The largest absolute Gasteiger partial charge is 0.313 e. The van der Waals surface area contributed by atoms with E-state index in [2.05, 4.69) is 51.4 Å². The molecule has 0 saturated heterocycles. The van der Waals surface area contributed by atoms with Crippen molar-refractivity contribution in [3.05, 3.63) is 34.1 Å². The lowest BCUT2D eigenvalue weighted by Crippen LogP contribution is -2.20. The van der Waals surface area contributed by atoms with Crippen molar-refractivity contribution in [3.63, 3.8) is 0 Å². The van der Waals surface area contributed by atoms with Gasteiger partial charge in [0.05, 0.1) is 5.69 Å². The van der Waals surface area contributed by atoms with Crippen LogP contribution >= 0.6 is 15.9 Å². The standard InChI is InChI=1S/C11H13BrN2/c1-8-2-3-10(14-11(8)12)9-4-6-13-7-5-9/h2-4,13H,5-7H2,1H3. The van der Waals surface area contributed by atoms with Crippen molar-refractivity contribution in [2.45, 2.75) is 13.3 Å². The third-order valence-electron chi connectivity index (χ3n) is 2.43. The van der Waals surface area contributed by atoms with Gasteiger partial charge in [0.25, 0.3) is 0 Å². The molecule has 0 spiro atoms. The highest BCUT2D eigenvalue weighted by atomic mass is 79.9. The number of hydrogen-bond acceptors (Lipinski definition) is 2. The number of halogens is 1. The summed E-state index contributed by atoms with van der Waals surface area (Å²) in [4.78, 5) is 4.52. The summed E-state index contributed by atoms with van der Waals surface area (Å²) in [5.74, 6) is 0. The van der Waals surface area contributed by atoms with Crippen LogP contribution in [0.15, 0.2) is 22.8 Å². The molecule has 2 nitrogen and oxygen atoms in total. The van der Waals surface area contributed by atoms with Crippen LogP contribution in [0, 0.1) is 6.92 Å². The van der Waals surface area contributed by atoms with E-state index in [4.69, 9.17) is 0 Å². The molecule has 0 saturated carbocycles. The highest BCUT2D eigenvalue weighted by Crippen LogP contribution is 2.21. The minimum absolute atomic E-state index is 0.953. The average molecular weight is 253 g/mol. The predicted octanol–water partition coefficient (Wildman–Crippen LogP) is 2.53. The molecule has 2 rings (SSSR count). The van der Waals surface area contributed by atoms with Gasteiger partial charge in [0.15, 0.2) is 0 Å². The first-order chi connectivity index (χ1) is 6.77. The summed E-state index contributed by atoms with van der Waals surface area (Å²) in [7, 11) is 0. The maximum absolute atomic E-state index is 4.52. The Hall–Kier alpha value is -0.670. The molecule has 0 amide bonds. The Morgan fingerprint density at radius 1 is 1.43 bits per heavy atom. The third-order valence-corrected chi connectivity index (χ3v) is 3.23. The SMILES string of the molecule is Cc1ccc(C2=CCNCC2)nc1Br. The molecule has 1 aliphatic heterocycles. The first kappa shape index (κ1) is 9.87. The summed E-state index contributed by atoms with van der Waals surface area (Å²) in [6, 6.07) is 4.20. The molecule has 0 atom stereocenters. The highest BCUT2D eigenvalue weighted by molar-refractivity contribution is 9.10. The molecule has 14 heavy (non-hydrogen) atoms. The zero-order chi connectivity index (χ0) is 9.97. The van der Waals surface area contributed by atoms with Crippen molar-refractivity contribution in [2.24, 2.45) is 0 Å². The van der Waals surface area contributed by atoms with Gasteiger partial charge in [-0.1, -0.05) is 12.1 Å². The van der Waals surface area contributed by atoms with Crippen LogP contribution in [-0.2, 0) is 0 Å². The summed E-state index contributed by atoms with van der Waals surface area (Å²) >= 11 is 3.46. The minimum Gasteiger partial charge on any atom is -0.313 e. The molecule has 74 valence electrons. The molecule has 3 heteroatoms. The molecular weight excluding hydrogens is 240 g/mol. The van der Waals surface area contributed by atoms with Crippen molar-refractivity contribution in [1.29, 1.82) is 0 Å². The summed E-state index contributed by atoms with van der Waals surface area (Å²) < 4.78 is 0.953. The molecule has 0 unspecified atom stereocenters. The van der Waals surface area contributed by atoms with Gasteiger partial charge in [0.1, 0.15) is 4.60 Å². The number of hydrogen-bond donors (Lipinski definition) is 1. The lowest BCUT2D eigenvalue weighted by Gasteiger charge is -2.13. The van der Waals surface area contributed by atoms with Gasteiger partial charge in [0, 0.05) is 6.54 Å². The zero-order valence-corrected chi connectivity index (χ0v) is 9.76. The van der Waals surface area contributed by atoms with Crippen LogP contribution in [0.3, 0.4) is 0 Å². The van der Waals surface area contributed by atoms with Crippen LogP contribution in [0.1, 0.15) is 17.7 Å². The fourth-order valence-corrected chi connectivity index (χ4v) is 1.86. The number of rotatable bonds is 1. The lowest BCUT2D eigenvalue weighted by atomic mass is 10.1. The molecule has 0 bridgehead atoms. The first-order valence-electron chi connectivity index (χ1n) is 4.80. The van der Waals surface area contributed by atoms with Gasteiger partial charge in [0.2, 0.25) is 0 Å². The van der Waals surface area contributed by atoms with Crippen LogP contribution in [-0.4, -0.2) is 18.1 Å². The van der Waals surface area contributed by atoms with Gasteiger partial charge in [-0.3, -0.25) is 0 Å². The van der Waals surface area contributed by atoms with E-state index in [0.29, 0.717) is 0 Å². The van der Waals surface area contributed by atoms with Crippen LogP contribution < -0.4 is 5.32 Å². The number of aromatic nitrogens is 1. The lowest BCUT2D eigenvalue weighted by molar-refractivity contribution is 0.736. The Bertz CT molecular complexity index is 372. The van der Waals surface area contributed by atoms with E-state index in [1.54, 1.807) is 0 Å². The molecule has 0 fully saturated rings. The zero-order valence-electron chi connectivity index (χ0n) is 8.18. The second-order valence-electron chi connectivity index (χ2n) is 3.49. The van der Waals surface area contributed by atoms with Crippen molar-refractivity contribution < 1.29 is 0 Å². The molecule has 1 aromatic heterocycles. The van der Waals surface area contributed by atoms with Crippen molar-refractivity contribution >= 4 is 21.5 Å². The predicted molar refractivity (Wildman–Crippen MR) is 62.1 cm³/mol. The molecule has 1 aromatic rings. The fraction of sp³-hybridized carbons (Fsp3) is 0.364. The maximum atomic E-state index is 4.52. The number of nitrogens with one attached hydrogen (secondary N) is 1. The van der Waals surface area contributed by atoms with E-state index < -0.39 is 0 Å². The molecule has 2 heterocycles. The van der Waals surface area contributed by atoms with Crippen LogP contribution in [0.4, 0.5) is 0 Å². The summed E-state index contributed by atoms with van der Waals surface area (Å²) in [6.45, 7) is 4.07. The molecule has 0 aromatic carbocycles. The first-order valence-corrected chi connectivity index (χ1v) is 5.60. The molecule has 0 radical (unpaired) electrons. The van der Waals surface area contributed by atoms with Gasteiger partial charge in [-0.15, -0.1) is 0 Å². The van der Waals surface area contributed by atoms with Gasteiger partial charge in [-0.05, 0) is 53.0 Å². The maximum Gasteiger partial charge on any atom is 0.109 e. The summed E-state index contributed by atoms with van der Waals surface area (Å²) in [5, 5.41) is 3.29. The molecule has 1 N–H and O–H groups in total. The van der Waals surface area contributed by atoms with E-state index in [1.165, 1.54) is 11.1 Å². The van der Waals surface area contributed by atoms with Crippen molar-refractivity contribution in [3.8, 4) is 0 Å². The number of nitrogens with zero attached hydrogens (tertiary/aromatic N) is 1. The second-order valence-corrected chi connectivity index (χ2v) is 4.24. The van der Waals surface area contributed by atoms with Gasteiger partial charge in [-0.2, -0.15) is 0 Å². The Balaban J connectivity index is 2.32. The quantitative estimate of drug-likeness (QED) is 0.778. The van der Waals surface area contributed by atoms with Gasteiger partial charge in [-0.25, -0.2) is 4.98 Å². The second kappa shape index (κ2) is 4.24. The summed E-state index contributed by atoms with van der Waals surface area (Å²) in [6.07, 6.45) is 3.29. The van der Waals surface area contributed by atoms with E-state index in [0.717, 1.165) is 29.8 Å². The summed E-state index contributed by atoms with van der Waals surface area (Å²) in [5.41, 5.74) is 3.64. The van der Waals surface area contributed by atoms with Gasteiger partial charge < -0.3 is 5.32 Å². The Labute approximate surface area is 92.6 Å². The monoisotopic (exact) mass is 252 g/mol. The van der Waals surface area contributed by atoms with E-state index in [9.17, 15) is 0 Å². The van der Waals surface area contributed by atoms with Crippen LogP contribution in [0.5, 0.6) is 0 Å². The van der Waals surface area contributed by atoms with E-state index in [1.807, 2.05) is 0 Å². The van der Waals surface area contributed by atoms with Crippen molar-refractivity contribution in [1.82, 2.24) is 10.3 Å². The molecule has 0 aliphatic carbocycles. The molecular formula is C11H13BrN2. The molecule has 1 aliphatic rings. The minimum atomic E-state index is 0.953. The number of aryl methyl sites for hydroxylation is 1. The van der Waals surface area contributed by atoms with Gasteiger partial charge >= 0.3 is 0 Å². The highest BCUT2D eigenvalue weighted by Gasteiger charge is 2.07. The topological polar surface area (TPSA) is 24.9 Å². The fourth-order valence-electron chi connectivity index (χ4n) is 1.54.